The fraction of sp³-hybridized carbons (Fsp3) is 0.278. The average Bonchev–Trinajstić information content (AvgIpc) is 2.96. The number of aromatic nitrogens is 3. The Labute approximate surface area is 155 Å². The van der Waals surface area contributed by atoms with Crippen LogP contribution in [0.3, 0.4) is 0 Å². The van der Waals surface area contributed by atoms with Gasteiger partial charge in [0.15, 0.2) is 11.8 Å². The standard InChI is InChI=1S/C18H19ClN4O3/c1-13(26-15-8-3-2-7-14(15)19)17(24)20-10-6-12-23-18(25)22-11-5-4-9-16(22)21-23/h2-5,7-9,11,13H,6,10,12H2,1H3,(H,20,24). The van der Waals surface area contributed by atoms with Gasteiger partial charge in [0.1, 0.15) is 5.75 Å². The quantitative estimate of drug-likeness (QED) is 0.642. The highest BCUT2D eigenvalue weighted by Gasteiger charge is 2.15. The zero-order chi connectivity index (χ0) is 18.5. The zero-order valence-corrected chi connectivity index (χ0v) is 15.0. The van der Waals surface area contributed by atoms with Crippen molar-refractivity contribution in [3.63, 3.8) is 0 Å². The van der Waals surface area contributed by atoms with Crippen molar-refractivity contribution in [1.29, 1.82) is 0 Å². The lowest BCUT2D eigenvalue weighted by Crippen LogP contribution is -2.37. The van der Waals surface area contributed by atoms with Crippen LogP contribution in [0.4, 0.5) is 0 Å². The van der Waals surface area contributed by atoms with E-state index >= 15 is 0 Å². The van der Waals surface area contributed by atoms with Crippen LogP contribution in [0.25, 0.3) is 5.65 Å². The zero-order valence-electron chi connectivity index (χ0n) is 14.3. The van der Waals surface area contributed by atoms with Crippen LogP contribution in [-0.4, -0.2) is 32.7 Å². The molecule has 2 aromatic heterocycles. The first-order chi connectivity index (χ1) is 12.6. The van der Waals surface area contributed by atoms with E-state index in [1.165, 1.54) is 9.08 Å². The average molecular weight is 375 g/mol. The Morgan fingerprint density at radius 1 is 1.27 bits per heavy atom. The number of carbonyl (C=O) groups excluding carboxylic acids is 1. The highest BCUT2D eigenvalue weighted by atomic mass is 35.5. The first kappa shape index (κ1) is 18.0. The maximum atomic E-state index is 12.1. The number of nitrogens with zero attached hydrogens (tertiary/aromatic N) is 3. The van der Waals surface area contributed by atoms with E-state index in [0.29, 0.717) is 35.9 Å². The van der Waals surface area contributed by atoms with Crippen LogP contribution in [0.5, 0.6) is 5.75 Å². The summed E-state index contributed by atoms with van der Waals surface area (Å²) >= 11 is 6.02. The summed E-state index contributed by atoms with van der Waals surface area (Å²) in [6, 6.07) is 12.4. The van der Waals surface area contributed by atoms with Gasteiger partial charge >= 0.3 is 5.69 Å². The third kappa shape index (κ3) is 4.05. The van der Waals surface area contributed by atoms with Gasteiger partial charge in [0, 0.05) is 19.3 Å². The minimum absolute atomic E-state index is 0.192. The summed E-state index contributed by atoms with van der Waals surface area (Å²) in [4.78, 5) is 24.3. The van der Waals surface area contributed by atoms with Gasteiger partial charge in [-0.05, 0) is 37.6 Å². The van der Waals surface area contributed by atoms with E-state index in [1.807, 2.05) is 6.07 Å². The second kappa shape index (κ2) is 8.05. The van der Waals surface area contributed by atoms with E-state index in [2.05, 4.69) is 10.4 Å². The molecule has 2 heterocycles. The summed E-state index contributed by atoms with van der Waals surface area (Å²) in [7, 11) is 0. The molecule has 1 atom stereocenters. The van der Waals surface area contributed by atoms with Gasteiger partial charge in [-0.15, -0.1) is 5.10 Å². The second-order valence-electron chi connectivity index (χ2n) is 5.77. The molecule has 0 saturated carbocycles. The molecule has 1 N–H and O–H groups in total. The Balaban J connectivity index is 1.48. The van der Waals surface area contributed by atoms with E-state index in [9.17, 15) is 9.59 Å². The molecule has 0 radical (unpaired) electrons. The van der Waals surface area contributed by atoms with E-state index in [1.54, 1.807) is 49.5 Å². The van der Waals surface area contributed by atoms with Gasteiger partial charge in [-0.1, -0.05) is 29.8 Å². The van der Waals surface area contributed by atoms with Gasteiger partial charge < -0.3 is 10.1 Å². The molecular weight excluding hydrogens is 356 g/mol. The number of hydrogen-bond donors (Lipinski definition) is 1. The Bertz CT molecular complexity index is 966. The summed E-state index contributed by atoms with van der Waals surface area (Å²) in [6.07, 6.45) is 1.58. The van der Waals surface area contributed by atoms with Crippen molar-refractivity contribution in [2.24, 2.45) is 0 Å². The molecule has 26 heavy (non-hydrogen) atoms. The molecule has 3 aromatic rings. The second-order valence-corrected chi connectivity index (χ2v) is 6.18. The van der Waals surface area contributed by atoms with E-state index < -0.39 is 6.10 Å². The lowest BCUT2D eigenvalue weighted by Gasteiger charge is -2.15. The minimum Gasteiger partial charge on any atom is -0.479 e. The van der Waals surface area contributed by atoms with Gasteiger partial charge in [-0.25, -0.2) is 9.48 Å². The number of carbonyl (C=O) groups is 1. The minimum atomic E-state index is -0.673. The predicted octanol–water partition coefficient (Wildman–Crippen LogP) is 2.12. The number of nitrogens with one attached hydrogen (secondary N) is 1. The number of para-hydroxylation sites is 1. The van der Waals surface area contributed by atoms with Gasteiger partial charge in [0.2, 0.25) is 0 Å². The number of rotatable bonds is 7. The van der Waals surface area contributed by atoms with Crippen molar-refractivity contribution in [2.45, 2.75) is 26.0 Å². The Hall–Kier alpha value is -2.80. The van der Waals surface area contributed by atoms with Crippen molar-refractivity contribution in [3.8, 4) is 5.75 Å². The van der Waals surface area contributed by atoms with E-state index in [0.717, 1.165) is 0 Å². The van der Waals surface area contributed by atoms with Crippen molar-refractivity contribution in [1.82, 2.24) is 19.5 Å². The van der Waals surface area contributed by atoms with Gasteiger partial charge in [0.05, 0.1) is 5.02 Å². The molecule has 136 valence electrons. The van der Waals surface area contributed by atoms with Gasteiger partial charge in [-0.3, -0.25) is 9.20 Å². The normalized spacial score (nSPS) is 12.1. The Kier molecular flexibility index (Phi) is 5.58. The number of aryl methyl sites for hydroxylation is 1. The van der Waals surface area contributed by atoms with Gasteiger partial charge in [-0.2, -0.15) is 0 Å². The summed E-state index contributed by atoms with van der Waals surface area (Å²) in [5.41, 5.74) is 0.408. The molecule has 1 amide bonds. The fourth-order valence-electron chi connectivity index (χ4n) is 2.48. The molecule has 0 fully saturated rings. The van der Waals surface area contributed by atoms with Crippen molar-refractivity contribution in [2.75, 3.05) is 6.54 Å². The molecule has 8 heteroatoms. The maximum absolute atomic E-state index is 12.1. The third-order valence-electron chi connectivity index (χ3n) is 3.84. The molecule has 0 aliphatic rings. The topological polar surface area (TPSA) is 77.6 Å². The van der Waals surface area contributed by atoms with Gasteiger partial charge in [0.25, 0.3) is 5.91 Å². The van der Waals surface area contributed by atoms with Crippen LogP contribution in [0.1, 0.15) is 13.3 Å². The molecule has 3 rings (SSSR count). The highest BCUT2D eigenvalue weighted by molar-refractivity contribution is 6.32. The smallest absolute Gasteiger partial charge is 0.350 e. The monoisotopic (exact) mass is 374 g/mol. The highest BCUT2D eigenvalue weighted by Crippen LogP contribution is 2.24. The maximum Gasteiger partial charge on any atom is 0.350 e. The van der Waals surface area contributed by atoms with E-state index in [-0.39, 0.29) is 11.6 Å². The van der Waals surface area contributed by atoms with Crippen LogP contribution < -0.4 is 15.7 Å². The van der Waals surface area contributed by atoms with Crippen LogP contribution in [-0.2, 0) is 11.3 Å². The first-order valence-corrected chi connectivity index (χ1v) is 8.67. The number of pyridine rings is 1. The van der Waals surface area contributed by atoms with Crippen LogP contribution in [0.2, 0.25) is 5.02 Å². The molecule has 0 bridgehead atoms. The fourth-order valence-corrected chi connectivity index (χ4v) is 2.66. The predicted molar refractivity (Wildman–Crippen MR) is 98.6 cm³/mol. The summed E-state index contributed by atoms with van der Waals surface area (Å²) in [5, 5.41) is 7.49. The first-order valence-electron chi connectivity index (χ1n) is 8.29. The lowest BCUT2D eigenvalue weighted by molar-refractivity contribution is -0.127. The summed E-state index contributed by atoms with van der Waals surface area (Å²) in [6.45, 7) is 2.49. The largest absolute Gasteiger partial charge is 0.479 e. The van der Waals surface area contributed by atoms with Crippen LogP contribution in [0.15, 0.2) is 53.5 Å². The SMILES string of the molecule is CC(Oc1ccccc1Cl)C(=O)NCCCn1nc2ccccn2c1=O. The van der Waals surface area contributed by atoms with E-state index in [4.69, 9.17) is 16.3 Å². The number of hydrogen-bond acceptors (Lipinski definition) is 4. The third-order valence-corrected chi connectivity index (χ3v) is 4.16. The molecule has 0 spiro atoms. The number of fused-ring (bicyclic) bond motifs is 1. The molecular formula is C18H19ClN4O3. The number of amides is 1. The molecule has 1 unspecified atom stereocenters. The molecule has 0 aliphatic carbocycles. The van der Waals surface area contributed by atoms with Crippen molar-refractivity contribution in [3.05, 3.63) is 64.2 Å². The Morgan fingerprint density at radius 3 is 2.81 bits per heavy atom. The van der Waals surface area contributed by atoms with Crippen molar-refractivity contribution < 1.29 is 9.53 Å². The summed E-state index contributed by atoms with van der Waals surface area (Å²) < 4.78 is 8.44. The summed E-state index contributed by atoms with van der Waals surface area (Å²) in [5.74, 6) is 0.223. The number of ether oxygens (including phenoxy) is 1. The molecule has 1 aromatic carbocycles. The molecule has 7 nitrogen and oxygen atoms in total. The van der Waals surface area contributed by atoms with Crippen LogP contribution >= 0.6 is 11.6 Å². The lowest BCUT2D eigenvalue weighted by atomic mass is 10.3. The number of halogens is 1. The Morgan fingerprint density at radius 2 is 2.04 bits per heavy atom. The van der Waals surface area contributed by atoms with Crippen molar-refractivity contribution >= 4 is 23.2 Å². The number of benzene rings is 1. The molecule has 0 aliphatic heterocycles. The van der Waals surface area contributed by atoms with Crippen LogP contribution in [0, 0.1) is 0 Å². The molecule has 0 saturated heterocycles.